The Bertz CT molecular complexity index is 393. The summed E-state index contributed by atoms with van der Waals surface area (Å²) in [4.78, 5) is 25.7. The molecule has 1 aromatic heterocycles. The number of nitrogens with one attached hydrogen (secondary N) is 2. The lowest BCUT2D eigenvalue weighted by molar-refractivity contribution is 0.0941. The van der Waals surface area contributed by atoms with E-state index in [2.05, 4.69) is 10.3 Å². The Morgan fingerprint density at radius 1 is 1.50 bits per heavy atom. The summed E-state index contributed by atoms with van der Waals surface area (Å²) in [5.41, 5.74) is 0.653. The van der Waals surface area contributed by atoms with Crippen molar-refractivity contribution in [2.45, 2.75) is 26.8 Å². The number of aromatic nitrogens is 1. The lowest BCUT2D eigenvalue weighted by atomic mass is 10.2. The van der Waals surface area contributed by atoms with E-state index in [4.69, 9.17) is 0 Å². The molecule has 0 spiro atoms. The van der Waals surface area contributed by atoms with Gasteiger partial charge in [0.15, 0.2) is 5.43 Å². The zero-order chi connectivity index (χ0) is 10.7. The molecule has 0 atom stereocenters. The van der Waals surface area contributed by atoms with Gasteiger partial charge in [0.05, 0.1) is 0 Å². The zero-order valence-electron chi connectivity index (χ0n) is 8.55. The van der Waals surface area contributed by atoms with Crippen molar-refractivity contribution in [3.63, 3.8) is 0 Å². The van der Waals surface area contributed by atoms with Crippen LogP contribution in [0.15, 0.2) is 17.1 Å². The highest BCUT2D eigenvalue weighted by atomic mass is 16.2. The largest absolute Gasteiger partial charge is 0.364 e. The van der Waals surface area contributed by atoms with E-state index in [0.717, 1.165) is 5.69 Å². The van der Waals surface area contributed by atoms with Gasteiger partial charge in [-0.15, -0.1) is 0 Å². The van der Waals surface area contributed by atoms with Crippen LogP contribution in [0.4, 0.5) is 0 Å². The maximum atomic E-state index is 11.5. The molecule has 14 heavy (non-hydrogen) atoms. The van der Waals surface area contributed by atoms with Gasteiger partial charge in [-0.2, -0.15) is 0 Å². The van der Waals surface area contributed by atoms with E-state index in [1.54, 1.807) is 6.92 Å². The second kappa shape index (κ2) is 4.09. The number of aromatic amines is 1. The topological polar surface area (TPSA) is 62.0 Å². The van der Waals surface area contributed by atoms with Crippen LogP contribution in [-0.2, 0) is 0 Å². The molecule has 76 valence electrons. The molecular weight excluding hydrogens is 180 g/mol. The molecule has 0 aromatic carbocycles. The van der Waals surface area contributed by atoms with Crippen LogP contribution in [0.2, 0.25) is 0 Å². The molecule has 0 radical (unpaired) electrons. The number of pyridine rings is 1. The first-order valence-corrected chi connectivity index (χ1v) is 4.51. The van der Waals surface area contributed by atoms with Gasteiger partial charge in [0, 0.05) is 24.0 Å². The lowest BCUT2D eigenvalue weighted by Crippen LogP contribution is -2.33. The molecule has 0 bridgehead atoms. The van der Waals surface area contributed by atoms with E-state index < -0.39 is 0 Å². The number of hydrogen-bond donors (Lipinski definition) is 2. The van der Waals surface area contributed by atoms with Gasteiger partial charge in [0.1, 0.15) is 5.56 Å². The molecule has 1 aromatic rings. The molecule has 1 heterocycles. The highest BCUT2D eigenvalue weighted by Crippen LogP contribution is 1.93. The van der Waals surface area contributed by atoms with E-state index >= 15 is 0 Å². The third-order valence-corrected chi connectivity index (χ3v) is 1.72. The normalized spacial score (nSPS) is 10.3. The Labute approximate surface area is 82.3 Å². The first-order chi connectivity index (χ1) is 6.50. The average Bonchev–Trinajstić information content (AvgIpc) is 2.01. The predicted molar refractivity (Wildman–Crippen MR) is 54.4 cm³/mol. The van der Waals surface area contributed by atoms with Crippen molar-refractivity contribution < 1.29 is 4.79 Å². The number of rotatable bonds is 2. The fraction of sp³-hybridized carbons (Fsp3) is 0.400. The highest BCUT2D eigenvalue weighted by molar-refractivity contribution is 5.93. The molecular formula is C10H14N2O2. The summed E-state index contributed by atoms with van der Waals surface area (Å²) in [5.74, 6) is -0.332. The Kier molecular flexibility index (Phi) is 3.06. The number of carbonyl (C=O) groups is 1. The fourth-order valence-corrected chi connectivity index (χ4v) is 1.09. The van der Waals surface area contributed by atoms with E-state index in [0.29, 0.717) is 0 Å². The third-order valence-electron chi connectivity index (χ3n) is 1.72. The summed E-state index contributed by atoms with van der Waals surface area (Å²) < 4.78 is 0. The summed E-state index contributed by atoms with van der Waals surface area (Å²) in [6.45, 7) is 5.46. The minimum absolute atomic E-state index is 0.0307. The van der Waals surface area contributed by atoms with Gasteiger partial charge in [-0.1, -0.05) is 0 Å². The SMILES string of the molecule is Cc1cc(=O)c(C(=O)NC(C)C)c[nH]1. The maximum absolute atomic E-state index is 11.5. The third kappa shape index (κ3) is 2.45. The summed E-state index contributed by atoms with van der Waals surface area (Å²) in [6, 6.07) is 1.44. The van der Waals surface area contributed by atoms with Gasteiger partial charge in [-0.25, -0.2) is 0 Å². The molecule has 0 fully saturated rings. The Morgan fingerprint density at radius 2 is 2.14 bits per heavy atom. The maximum Gasteiger partial charge on any atom is 0.256 e. The zero-order valence-corrected chi connectivity index (χ0v) is 8.55. The Hall–Kier alpha value is -1.58. The molecule has 0 saturated heterocycles. The molecule has 4 heteroatoms. The van der Waals surface area contributed by atoms with Crippen LogP contribution in [0.1, 0.15) is 29.9 Å². The van der Waals surface area contributed by atoms with Crippen molar-refractivity contribution in [1.29, 1.82) is 0 Å². The molecule has 2 N–H and O–H groups in total. The second-order valence-corrected chi connectivity index (χ2v) is 3.52. The second-order valence-electron chi connectivity index (χ2n) is 3.52. The van der Waals surface area contributed by atoms with Crippen LogP contribution in [-0.4, -0.2) is 16.9 Å². The van der Waals surface area contributed by atoms with Gasteiger partial charge >= 0.3 is 0 Å². The number of amides is 1. The van der Waals surface area contributed by atoms with Crippen LogP contribution in [0.3, 0.4) is 0 Å². The van der Waals surface area contributed by atoms with Crippen LogP contribution in [0, 0.1) is 6.92 Å². The van der Waals surface area contributed by atoms with Crippen LogP contribution in [0.5, 0.6) is 0 Å². The molecule has 0 saturated carbocycles. The van der Waals surface area contributed by atoms with Crippen LogP contribution in [0.25, 0.3) is 0 Å². The van der Waals surface area contributed by atoms with E-state index in [-0.39, 0.29) is 22.9 Å². The molecule has 0 aliphatic heterocycles. The van der Waals surface area contributed by atoms with Crippen molar-refractivity contribution in [2.24, 2.45) is 0 Å². The number of aryl methyl sites for hydroxylation is 1. The highest BCUT2D eigenvalue weighted by Gasteiger charge is 2.10. The molecule has 0 aliphatic carbocycles. The van der Waals surface area contributed by atoms with Crippen molar-refractivity contribution in [3.8, 4) is 0 Å². The van der Waals surface area contributed by atoms with Gasteiger partial charge in [-0.05, 0) is 20.8 Å². The monoisotopic (exact) mass is 194 g/mol. The number of carbonyl (C=O) groups excluding carboxylic acids is 1. The van der Waals surface area contributed by atoms with Crippen LogP contribution >= 0.6 is 0 Å². The van der Waals surface area contributed by atoms with E-state index in [1.165, 1.54) is 12.3 Å². The molecule has 0 unspecified atom stereocenters. The molecule has 1 rings (SSSR count). The van der Waals surface area contributed by atoms with Gasteiger partial charge < -0.3 is 10.3 Å². The van der Waals surface area contributed by atoms with Crippen molar-refractivity contribution >= 4 is 5.91 Å². The minimum atomic E-state index is -0.332. The lowest BCUT2D eigenvalue weighted by Gasteiger charge is -2.07. The standard InChI is InChI=1S/C10H14N2O2/c1-6(2)12-10(14)8-5-11-7(3)4-9(8)13/h4-6H,1-3H3,(H,11,13)(H,12,14). The average molecular weight is 194 g/mol. The predicted octanol–water partition coefficient (Wildman–Crippen LogP) is 0.822. The molecule has 4 nitrogen and oxygen atoms in total. The van der Waals surface area contributed by atoms with Gasteiger partial charge in [0.2, 0.25) is 0 Å². The Morgan fingerprint density at radius 3 is 2.64 bits per heavy atom. The first kappa shape index (κ1) is 10.5. The summed E-state index contributed by atoms with van der Waals surface area (Å²) >= 11 is 0. The number of hydrogen-bond acceptors (Lipinski definition) is 2. The minimum Gasteiger partial charge on any atom is -0.364 e. The molecule has 0 aliphatic rings. The van der Waals surface area contributed by atoms with E-state index in [9.17, 15) is 9.59 Å². The van der Waals surface area contributed by atoms with Gasteiger partial charge in [-0.3, -0.25) is 9.59 Å². The van der Waals surface area contributed by atoms with Crippen molar-refractivity contribution in [1.82, 2.24) is 10.3 Å². The molecule has 1 amide bonds. The Balaban J connectivity index is 2.97. The fourth-order valence-electron chi connectivity index (χ4n) is 1.09. The summed E-state index contributed by atoms with van der Waals surface area (Å²) in [6.07, 6.45) is 1.44. The number of H-pyrrole nitrogens is 1. The van der Waals surface area contributed by atoms with Crippen LogP contribution < -0.4 is 10.7 Å². The quantitative estimate of drug-likeness (QED) is 0.732. The first-order valence-electron chi connectivity index (χ1n) is 4.51. The van der Waals surface area contributed by atoms with Crippen molar-refractivity contribution in [2.75, 3.05) is 0 Å². The summed E-state index contributed by atoms with van der Waals surface area (Å²) in [5, 5.41) is 2.66. The summed E-state index contributed by atoms with van der Waals surface area (Å²) in [7, 11) is 0. The smallest absolute Gasteiger partial charge is 0.256 e. The van der Waals surface area contributed by atoms with Gasteiger partial charge in [0.25, 0.3) is 5.91 Å². The van der Waals surface area contributed by atoms with E-state index in [1.807, 2.05) is 13.8 Å². The van der Waals surface area contributed by atoms with Crippen molar-refractivity contribution in [3.05, 3.63) is 33.7 Å².